The van der Waals surface area contributed by atoms with Gasteiger partial charge in [0.1, 0.15) is 16.2 Å². The minimum Gasteiger partial charge on any atom is -0.292 e. The summed E-state index contributed by atoms with van der Waals surface area (Å²) >= 11 is 4.43. The van der Waals surface area contributed by atoms with E-state index in [2.05, 4.69) is 30.8 Å². The topological polar surface area (TPSA) is 89.6 Å². The van der Waals surface area contributed by atoms with Crippen LogP contribution in [0.1, 0.15) is 4.88 Å². The Morgan fingerprint density at radius 1 is 1.39 bits per heavy atom. The molecule has 0 aliphatic rings. The zero-order valence-corrected chi connectivity index (χ0v) is 11.7. The van der Waals surface area contributed by atoms with Gasteiger partial charge in [-0.05, 0) is 36.3 Å². The smallest absolute Gasteiger partial charge is 0.239 e. The molecule has 0 unspecified atom stereocenters. The quantitative estimate of drug-likeness (QED) is 0.435. The number of fused-ring (bicyclic) bond motifs is 1. The average molecular weight is 296 g/mol. The molecule has 0 amide bonds. The van der Waals surface area contributed by atoms with Crippen LogP contribution >= 0.6 is 34.6 Å². The van der Waals surface area contributed by atoms with E-state index in [1.807, 2.05) is 6.92 Å². The van der Waals surface area contributed by atoms with Crippen molar-refractivity contribution < 1.29 is 0 Å². The van der Waals surface area contributed by atoms with Crippen LogP contribution in [0.15, 0.2) is 21.8 Å². The van der Waals surface area contributed by atoms with Crippen molar-refractivity contribution in [3.8, 4) is 0 Å². The lowest BCUT2D eigenvalue weighted by molar-refractivity contribution is 1.07. The third-order valence-electron chi connectivity index (χ3n) is 2.14. The normalized spacial score (nSPS) is 11.0. The molecule has 3 rings (SSSR count). The van der Waals surface area contributed by atoms with Crippen LogP contribution in [0.3, 0.4) is 0 Å². The number of thiophene rings is 1. The Balaban J connectivity index is 2.13. The molecule has 0 atom stereocenters. The van der Waals surface area contributed by atoms with Crippen molar-refractivity contribution in [2.24, 2.45) is 5.84 Å². The largest absolute Gasteiger partial charge is 0.292 e. The molecule has 3 aromatic rings. The summed E-state index contributed by atoms with van der Waals surface area (Å²) < 4.78 is 4.82. The van der Waals surface area contributed by atoms with Crippen molar-refractivity contribution in [2.45, 2.75) is 16.3 Å². The summed E-state index contributed by atoms with van der Waals surface area (Å²) in [4.78, 5) is 14.9. The van der Waals surface area contributed by atoms with Crippen LogP contribution in [0.25, 0.3) is 10.2 Å². The lowest BCUT2D eigenvalue weighted by atomic mass is 10.4. The minimum absolute atomic E-state index is 0.413. The van der Waals surface area contributed by atoms with E-state index in [9.17, 15) is 0 Å². The Morgan fingerprint density at radius 3 is 3.00 bits per heavy atom. The first-order valence-corrected chi connectivity index (χ1v) is 7.36. The van der Waals surface area contributed by atoms with Gasteiger partial charge in [0, 0.05) is 10.3 Å². The van der Waals surface area contributed by atoms with E-state index in [0.717, 1.165) is 19.6 Å². The van der Waals surface area contributed by atoms with Gasteiger partial charge in [-0.2, -0.15) is 4.37 Å². The number of aromatic nitrogens is 4. The van der Waals surface area contributed by atoms with Gasteiger partial charge < -0.3 is 0 Å². The van der Waals surface area contributed by atoms with Crippen LogP contribution in [0.4, 0.5) is 5.95 Å². The number of aryl methyl sites for hydroxylation is 1. The van der Waals surface area contributed by atoms with Crippen LogP contribution in [0.5, 0.6) is 0 Å². The lowest BCUT2D eigenvalue weighted by Gasteiger charge is -2.02. The van der Waals surface area contributed by atoms with Crippen molar-refractivity contribution in [3.63, 3.8) is 0 Å². The Hall–Kier alpha value is -1.29. The molecule has 0 saturated carbocycles. The Labute approximate surface area is 115 Å². The van der Waals surface area contributed by atoms with Crippen molar-refractivity contribution in [3.05, 3.63) is 17.3 Å². The fourth-order valence-electron chi connectivity index (χ4n) is 1.45. The Morgan fingerprint density at radius 2 is 2.28 bits per heavy atom. The van der Waals surface area contributed by atoms with Gasteiger partial charge in [-0.25, -0.2) is 20.8 Å². The monoisotopic (exact) mass is 296 g/mol. The van der Waals surface area contributed by atoms with E-state index in [0.29, 0.717) is 5.95 Å². The number of hydrogen-bond donors (Lipinski definition) is 2. The first-order valence-electron chi connectivity index (χ1n) is 4.95. The summed E-state index contributed by atoms with van der Waals surface area (Å²) in [5.41, 5.74) is 2.49. The van der Waals surface area contributed by atoms with Gasteiger partial charge in [0.25, 0.3) is 0 Å². The van der Waals surface area contributed by atoms with Gasteiger partial charge in [-0.3, -0.25) is 5.43 Å². The summed E-state index contributed by atoms with van der Waals surface area (Å²) in [6.45, 7) is 2.04. The fourth-order valence-corrected chi connectivity index (χ4v) is 3.85. The molecule has 0 spiro atoms. The number of hydrogen-bond acceptors (Lipinski definition) is 9. The van der Waals surface area contributed by atoms with Gasteiger partial charge in [-0.15, -0.1) is 11.3 Å². The van der Waals surface area contributed by atoms with Crippen LogP contribution in [0.2, 0.25) is 0 Å². The van der Waals surface area contributed by atoms with Crippen molar-refractivity contribution in [1.82, 2.24) is 19.3 Å². The highest BCUT2D eigenvalue weighted by Crippen LogP contribution is 2.35. The average Bonchev–Trinajstić information content (AvgIpc) is 2.97. The summed E-state index contributed by atoms with van der Waals surface area (Å²) in [5, 5.41) is 1.87. The molecule has 0 bridgehead atoms. The summed E-state index contributed by atoms with van der Waals surface area (Å²) in [6.07, 6.45) is 1.53. The fraction of sp³-hybridized carbons (Fsp3) is 0.111. The number of rotatable bonds is 3. The van der Waals surface area contributed by atoms with Crippen LogP contribution < -0.4 is 11.3 Å². The zero-order valence-electron chi connectivity index (χ0n) is 9.25. The number of nitrogens with two attached hydrogens (primary N) is 1. The van der Waals surface area contributed by atoms with E-state index in [-0.39, 0.29) is 0 Å². The molecular weight excluding hydrogens is 288 g/mol. The SMILES string of the molecule is Cc1cc2c(Sc3ncns3)nc(NN)nc2s1. The molecule has 3 heterocycles. The van der Waals surface area contributed by atoms with E-state index in [4.69, 9.17) is 5.84 Å². The molecule has 0 radical (unpaired) electrons. The molecule has 3 aromatic heterocycles. The molecule has 6 nitrogen and oxygen atoms in total. The van der Waals surface area contributed by atoms with Crippen LogP contribution in [-0.4, -0.2) is 19.3 Å². The molecule has 0 aromatic carbocycles. The molecule has 9 heteroatoms. The van der Waals surface area contributed by atoms with Gasteiger partial charge in [0.2, 0.25) is 5.95 Å². The second kappa shape index (κ2) is 4.76. The van der Waals surface area contributed by atoms with Gasteiger partial charge in [0.05, 0.1) is 0 Å². The summed E-state index contributed by atoms with van der Waals surface area (Å²) in [6, 6.07) is 2.07. The van der Waals surface area contributed by atoms with E-state index < -0.39 is 0 Å². The van der Waals surface area contributed by atoms with Crippen molar-refractivity contribution in [1.29, 1.82) is 0 Å². The highest BCUT2D eigenvalue weighted by atomic mass is 32.2. The van der Waals surface area contributed by atoms with Crippen molar-refractivity contribution >= 4 is 50.8 Å². The molecule has 18 heavy (non-hydrogen) atoms. The maximum Gasteiger partial charge on any atom is 0.239 e. The second-order valence-electron chi connectivity index (χ2n) is 3.38. The highest BCUT2D eigenvalue weighted by Gasteiger charge is 2.12. The highest BCUT2D eigenvalue weighted by molar-refractivity contribution is 8.01. The van der Waals surface area contributed by atoms with Gasteiger partial charge >= 0.3 is 0 Å². The molecule has 3 N–H and O–H groups in total. The van der Waals surface area contributed by atoms with E-state index in [1.54, 1.807) is 11.3 Å². The molecule has 92 valence electrons. The lowest BCUT2D eigenvalue weighted by Crippen LogP contribution is -2.10. The maximum absolute atomic E-state index is 5.38. The first kappa shape index (κ1) is 11.8. The van der Waals surface area contributed by atoms with Gasteiger partial charge in [-0.1, -0.05) is 0 Å². The molecule has 0 fully saturated rings. The predicted octanol–water partition coefficient (Wildman–Crippen LogP) is 2.29. The number of nitrogens with zero attached hydrogens (tertiary/aromatic N) is 4. The number of anilines is 1. The second-order valence-corrected chi connectivity index (χ2v) is 6.63. The molecule has 0 saturated heterocycles. The third kappa shape index (κ3) is 2.17. The van der Waals surface area contributed by atoms with Crippen LogP contribution in [-0.2, 0) is 0 Å². The zero-order chi connectivity index (χ0) is 12.5. The third-order valence-corrected chi connectivity index (χ3v) is 4.80. The standard InChI is InChI=1S/C9H8N6S3/c1-4-2-5-6(16-4)13-8(15-10)14-7(5)17-9-11-3-12-18-9/h2-3H,10H2,1H3,(H,13,14,15). The molecular formula is C9H8N6S3. The predicted molar refractivity (Wildman–Crippen MR) is 74.0 cm³/mol. The maximum atomic E-state index is 5.38. The van der Waals surface area contributed by atoms with Crippen molar-refractivity contribution in [2.75, 3.05) is 5.43 Å². The van der Waals surface area contributed by atoms with Gasteiger partial charge in [0.15, 0.2) is 4.34 Å². The van der Waals surface area contributed by atoms with E-state index in [1.165, 1.54) is 34.5 Å². The molecule has 0 aliphatic heterocycles. The molecule has 0 aliphatic carbocycles. The Bertz CT molecular complexity index is 677. The summed E-state index contributed by atoms with van der Waals surface area (Å²) in [5.74, 6) is 5.80. The van der Waals surface area contributed by atoms with E-state index >= 15 is 0 Å². The van der Waals surface area contributed by atoms with Crippen LogP contribution in [0, 0.1) is 6.92 Å². The first-order chi connectivity index (χ1) is 8.76. The number of nitrogen functional groups attached to an aromatic ring is 1. The Kier molecular flexibility index (Phi) is 3.12. The minimum atomic E-state index is 0.413. The summed E-state index contributed by atoms with van der Waals surface area (Å²) in [7, 11) is 0. The number of hydrazine groups is 1. The number of nitrogens with one attached hydrogen (secondary N) is 1.